The van der Waals surface area contributed by atoms with E-state index in [0.29, 0.717) is 17.8 Å². The van der Waals surface area contributed by atoms with Crippen molar-refractivity contribution in [3.05, 3.63) is 54.0 Å². The van der Waals surface area contributed by atoms with Gasteiger partial charge in [-0.1, -0.05) is 0 Å². The Labute approximate surface area is 175 Å². The molecule has 3 heterocycles. The van der Waals surface area contributed by atoms with E-state index in [1.54, 1.807) is 13.2 Å². The van der Waals surface area contributed by atoms with Gasteiger partial charge in [0.1, 0.15) is 17.1 Å². The second kappa shape index (κ2) is 8.65. The molecule has 0 saturated carbocycles. The number of hydrogen-bond donors (Lipinski definition) is 1. The molecule has 1 atom stereocenters. The molecule has 1 aliphatic rings. The van der Waals surface area contributed by atoms with Crippen molar-refractivity contribution in [2.45, 2.75) is 31.7 Å². The monoisotopic (exact) mass is 409 g/mol. The average Bonchev–Trinajstić information content (AvgIpc) is 3.39. The van der Waals surface area contributed by atoms with Gasteiger partial charge in [-0.05, 0) is 49.6 Å². The molecule has 0 spiro atoms. The van der Waals surface area contributed by atoms with Gasteiger partial charge in [-0.25, -0.2) is 4.79 Å². The summed E-state index contributed by atoms with van der Waals surface area (Å²) < 4.78 is 12.6. The minimum atomic E-state index is -0.388. The number of piperidine rings is 1. The Hall–Kier alpha value is -3.22. The highest BCUT2D eigenvalue weighted by atomic mass is 16.5. The van der Waals surface area contributed by atoms with Gasteiger partial charge in [-0.15, -0.1) is 0 Å². The van der Waals surface area contributed by atoms with Crippen LogP contribution in [0.15, 0.2) is 42.6 Å². The van der Waals surface area contributed by atoms with Crippen LogP contribution in [0.4, 0.5) is 0 Å². The van der Waals surface area contributed by atoms with E-state index < -0.39 is 0 Å². The molecule has 1 fully saturated rings. The molecule has 2 aromatic heterocycles. The van der Waals surface area contributed by atoms with E-state index in [-0.39, 0.29) is 24.5 Å². The number of esters is 1. The fourth-order valence-electron chi connectivity index (χ4n) is 4.11. The number of rotatable bonds is 6. The third-order valence-corrected chi connectivity index (χ3v) is 5.78. The molecular formula is C23H27N3O4. The molecule has 1 aromatic carbocycles. The fraction of sp³-hybridized carbons (Fsp3) is 0.391. The molecule has 0 bridgehead atoms. The van der Waals surface area contributed by atoms with Gasteiger partial charge in [0.25, 0.3) is 5.91 Å². The number of amides is 1. The van der Waals surface area contributed by atoms with Crippen molar-refractivity contribution in [3.8, 4) is 5.75 Å². The number of benzene rings is 1. The number of H-pyrrole nitrogens is 1. The van der Waals surface area contributed by atoms with Crippen molar-refractivity contribution in [2.24, 2.45) is 7.05 Å². The summed E-state index contributed by atoms with van der Waals surface area (Å²) in [5, 5.41) is 0.925. The first-order valence-corrected chi connectivity index (χ1v) is 10.3. The van der Waals surface area contributed by atoms with Crippen LogP contribution in [0.3, 0.4) is 0 Å². The molecule has 7 heteroatoms. The van der Waals surface area contributed by atoms with Gasteiger partial charge in [0.15, 0.2) is 0 Å². The first kappa shape index (κ1) is 20.1. The van der Waals surface area contributed by atoms with Crippen molar-refractivity contribution < 1.29 is 19.1 Å². The molecule has 0 aliphatic carbocycles. The summed E-state index contributed by atoms with van der Waals surface area (Å²) >= 11 is 0. The number of nitrogens with zero attached hydrogens (tertiary/aromatic N) is 2. The highest BCUT2D eigenvalue weighted by Gasteiger charge is 2.28. The predicted octanol–water partition coefficient (Wildman–Crippen LogP) is 3.76. The molecule has 1 N–H and O–H groups in total. The summed E-state index contributed by atoms with van der Waals surface area (Å²) in [4.78, 5) is 30.5. The van der Waals surface area contributed by atoms with E-state index >= 15 is 0 Å². The van der Waals surface area contributed by atoms with Crippen LogP contribution in [0.5, 0.6) is 5.75 Å². The molecule has 1 aliphatic heterocycles. The van der Waals surface area contributed by atoms with Crippen LogP contribution in [0.1, 0.15) is 46.7 Å². The van der Waals surface area contributed by atoms with Gasteiger partial charge in [0.2, 0.25) is 0 Å². The summed E-state index contributed by atoms with van der Waals surface area (Å²) in [7, 11) is 3.49. The minimum Gasteiger partial charge on any atom is -0.497 e. The maximum Gasteiger partial charge on any atom is 0.354 e. The topological polar surface area (TPSA) is 76.6 Å². The zero-order valence-electron chi connectivity index (χ0n) is 17.4. The van der Waals surface area contributed by atoms with Gasteiger partial charge in [0, 0.05) is 49.2 Å². The molecule has 1 saturated heterocycles. The van der Waals surface area contributed by atoms with Crippen LogP contribution < -0.4 is 4.74 Å². The lowest BCUT2D eigenvalue weighted by Crippen LogP contribution is -2.44. The lowest BCUT2D eigenvalue weighted by atomic mass is 9.99. The smallest absolute Gasteiger partial charge is 0.354 e. The van der Waals surface area contributed by atoms with Crippen LogP contribution in [0.2, 0.25) is 0 Å². The number of fused-ring (bicyclic) bond motifs is 1. The highest BCUT2D eigenvalue weighted by Crippen LogP contribution is 2.24. The maximum atomic E-state index is 12.9. The number of carbonyl (C=O) groups is 2. The van der Waals surface area contributed by atoms with Crippen molar-refractivity contribution >= 4 is 22.8 Å². The molecule has 30 heavy (non-hydrogen) atoms. The second-order valence-corrected chi connectivity index (χ2v) is 7.71. The third kappa shape index (κ3) is 4.06. The van der Waals surface area contributed by atoms with E-state index in [1.165, 1.54) is 0 Å². The normalized spacial score (nSPS) is 16.6. The first-order chi connectivity index (χ1) is 14.6. The minimum absolute atomic E-state index is 0.0445. The third-order valence-electron chi connectivity index (χ3n) is 5.78. The van der Waals surface area contributed by atoms with E-state index in [9.17, 15) is 9.59 Å². The lowest BCUT2D eigenvalue weighted by molar-refractivity contribution is 0.0402. The lowest BCUT2D eigenvalue weighted by Gasteiger charge is -2.35. The predicted molar refractivity (Wildman–Crippen MR) is 114 cm³/mol. The van der Waals surface area contributed by atoms with Crippen LogP contribution >= 0.6 is 0 Å². The summed E-state index contributed by atoms with van der Waals surface area (Å²) in [6, 6.07) is 11.2. The summed E-state index contributed by atoms with van der Waals surface area (Å²) in [5.41, 5.74) is 1.93. The Morgan fingerprint density at radius 3 is 2.83 bits per heavy atom. The van der Waals surface area contributed by atoms with Gasteiger partial charge in [0.05, 0.1) is 13.7 Å². The van der Waals surface area contributed by atoms with Crippen molar-refractivity contribution in [3.63, 3.8) is 0 Å². The Morgan fingerprint density at radius 2 is 2.07 bits per heavy atom. The van der Waals surface area contributed by atoms with Crippen molar-refractivity contribution in [2.75, 3.05) is 20.3 Å². The largest absolute Gasteiger partial charge is 0.497 e. The fourth-order valence-corrected chi connectivity index (χ4v) is 4.11. The van der Waals surface area contributed by atoms with Gasteiger partial charge in [-0.2, -0.15) is 0 Å². The van der Waals surface area contributed by atoms with Crippen LogP contribution in [-0.4, -0.2) is 52.6 Å². The molecule has 1 amide bonds. The number of aryl methyl sites for hydroxylation is 1. The second-order valence-electron chi connectivity index (χ2n) is 7.71. The number of likely N-dealkylation sites (tertiary alicyclic amines) is 1. The number of aromatic nitrogens is 2. The molecular weight excluding hydrogens is 382 g/mol. The zero-order chi connectivity index (χ0) is 21.1. The van der Waals surface area contributed by atoms with Gasteiger partial charge < -0.3 is 23.9 Å². The van der Waals surface area contributed by atoms with E-state index in [2.05, 4.69) is 4.98 Å². The van der Waals surface area contributed by atoms with E-state index in [0.717, 1.165) is 42.5 Å². The van der Waals surface area contributed by atoms with Gasteiger partial charge in [-0.3, -0.25) is 4.79 Å². The molecule has 0 radical (unpaired) electrons. The molecule has 3 aromatic rings. The Morgan fingerprint density at radius 1 is 1.20 bits per heavy atom. The van der Waals surface area contributed by atoms with E-state index in [1.807, 2.05) is 53.0 Å². The maximum absolute atomic E-state index is 12.9. The number of nitrogens with one attached hydrogen (secondary N) is 1. The highest BCUT2D eigenvalue weighted by molar-refractivity contribution is 5.95. The van der Waals surface area contributed by atoms with Crippen molar-refractivity contribution in [1.82, 2.24) is 14.5 Å². The Balaban J connectivity index is 1.37. The van der Waals surface area contributed by atoms with Gasteiger partial charge >= 0.3 is 5.97 Å². The molecule has 7 nitrogen and oxygen atoms in total. The molecule has 1 unspecified atom stereocenters. The van der Waals surface area contributed by atoms with Crippen LogP contribution in [-0.2, 0) is 11.8 Å². The number of hydrogen-bond acceptors (Lipinski definition) is 4. The molecule has 158 valence electrons. The van der Waals surface area contributed by atoms with E-state index in [4.69, 9.17) is 9.47 Å². The number of carbonyl (C=O) groups excluding carboxylic acids is 2. The van der Waals surface area contributed by atoms with Crippen molar-refractivity contribution in [1.29, 1.82) is 0 Å². The quantitative estimate of drug-likeness (QED) is 0.629. The zero-order valence-corrected chi connectivity index (χ0v) is 17.4. The number of methoxy groups -OCH3 is 1. The number of ether oxygens (including phenoxy) is 2. The SMILES string of the molecule is COc1ccc2cc(C(=O)OCCC3CCCCN3C(=O)c3cccn3C)[nH]c2c1. The standard InChI is InChI=1S/C23H27N3O4/c1-25-11-5-7-21(25)22(27)26-12-4-3-6-17(26)10-13-30-23(28)20-14-16-8-9-18(29-2)15-19(16)24-20/h5,7-9,11,14-15,17,24H,3-4,6,10,12-13H2,1-2H3. The average molecular weight is 409 g/mol. The summed E-state index contributed by atoms with van der Waals surface area (Å²) in [5.74, 6) is 0.383. The molecule has 4 rings (SSSR count). The van der Waals surface area contributed by atoms with Crippen LogP contribution in [0, 0.1) is 0 Å². The summed E-state index contributed by atoms with van der Waals surface area (Å²) in [6.07, 6.45) is 5.53. The number of aromatic amines is 1. The Bertz CT molecular complexity index is 1050. The first-order valence-electron chi connectivity index (χ1n) is 10.3. The summed E-state index contributed by atoms with van der Waals surface area (Å²) in [6.45, 7) is 1.02. The Kier molecular flexibility index (Phi) is 5.79. The van der Waals surface area contributed by atoms with Crippen LogP contribution in [0.25, 0.3) is 10.9 Å².